The van der Waals surface area contributed by atoms with E-state index < -0.39 is 15.9 Å². The van der Waals surface area contributed by atoms with Gasteiger partial charge in [-0.3, -0.25) is 13.8 Å². The van der Waals surface area contributed by atoms with Gasteiger partial charge in [-0.15, -0.1) is 0 Å². The zero-order valence-corrected chi connectivity index (χ0v) is 20.8. The van der Waals surface area contributed by atoms with Crippen LogP contribution in [0.15, 0.2) is 83.9 Å². The van der Waals surface area contributed by atoms with Crippen molar-refractivity contribution in [1.29, 1.82) is 0 Å². The standard InChI is InChI=1S/C26H27N5O3S/c1-18-9-13-20(14-10-18)28-23-7-5-6-8-24(23)29-25(32)22-17-27-30(3)26(22)31(4)35(33,34)21-15-11-19(2)12-16-21/h5-17,28H,1-4H3,(H,29,32). The van der Waals surface area contributed by atoms with Crippen molar-refractivity contribution in [2.45, 2.75) is 18.7 Å². The highest BCUT2D eigenvalue weighted by molar-refractivity contribution is 7.92. The molecule has 4 aromatic rings. The third-order valence-electron chi connectivity index (χ3n) is 5.64. The number of carbonyl (C=O) groups excluding carboxylic acids is 1. The van der Waals surface area contributed by atoms with E-state index in [4.69, 9.17) is 0 Å². The minimum absolute atomic E-state index is 0.130. The summed E-state index contributed by atoms with van der Waals surface area (Å²) in [5, 5.41) is 10.4. The van der Waals surface area contributed by atoms with E-state index in [2.05, 4.69) is 15.7 Å². The number of benzene rings is 3. The van der Waals surface area contributed by atoms with E-state index in [0.717, 1.165) is 21.1 Å². The highest BCUT2D eigenvalue weighted by Gasteiger charge is 2.28. The summed E-state index contributed by atoms with van der Waals surface area (Å²) in [6.07, 6.45) is 1.36. The van der Waals surface area contributed by atoms with Crippen molar-refractivity contribution in [3.05, 3.63) is 95.7 Å². The van der Waals surface area contributed by atoms with E-state index in [-0.39, 0.29) is 16.3 Å². The summed E-state index contributed by atoms with van der Waals surface area (Å²) in [5.74, 6) is -0.315. The summed E-state index contributed by atoms with van der Waals surface area (Å²) < 4.78 is 29.0. The highest BCUT2D eigenvalue weighted by atomic mass is 32.2. The lowest BCUT2D eigenvalue weighted by Crippen LogP contribution is -2.30. The van der Waals surface area contributed by atoms with Gasteiger partial charge in [0.05, 0.1) is 22.5 Å². The molecule has 1 heterocycles. The van der Waals surface area contributed by atoms with E-state index in [0.29, 0.717) is 11.4 Å². The van der Waals surface area contributed by atoms with E-state index in [1.807, 2.05) is 56.3 Å². The SMILES string of the molecule is Cc1ccc(Nc2ccccc2NC(=O)c2cnn(C)c2N(C)S(=O)(=O)c2ccc(C)cc2)cc1. The minimum atomic E-state index is -3.90. The predicted molar refractivity (Wildman–Crippen MR) is 139 cm³/mol. The number of amides is 1. The summed E-state index contributed by atoms with van der Waals surface area (Å²) >= 11 is 0. The van der Waals surface area contributed by atoms with Crippen molar-refractivity contribution in [3.8, 4) is 0 Å². The van der Waals surface area contributed by atoms with Crippen molar-refractivity contribution in [3.63, 3.8) is 0 Å². The molecule has 180 valence electrons. The van der Waals surface area contributed by atoms with Gasteiger partial charge in [-0.2, -0.15) is 5.10 Å². The molecular weight excluding hydrogens is 462 g/mol. The number of aryl methyl sites for hydroxylation is 3. The Kier molecular flexibility index (Phi) is 6.61. The third kappa shape index (κ3) is 5.04. The molecule has 0 unspecified atom stereocenters. The molecular formula is C26H27N5O3S. The fourth-order valence-corrected chi connectivity index (χ4v) is 4.87. The van der Waals surface area contributed by atoms with Crippen LogP contribution >= 0.6 is 0 Å². The van der Waals surface area contributed by atoms with Gasteiger partial charge in [0, 0.05) is 19.8 Å². The molecule has 0 atom stereocenters. The van der Waals surface area contributed by atoms with Crippen LogP contribution in [0.4, 0.5) is 22.9 Å². The zero-order valence-electron chi connectivity index (χ0n) is 20.0. The lowest BCUT2D eigenvalue weighted by Gasteiger charge is -2.21. The van der Waals surface area contributed by atoms with Crippen LogP contribution in [0.25, 0.3) is 0 Å². The predicted octanol–water partition coefficient (Wildman–Crippen LogP) is 4.86. The van der Waals surface area contributed by atoms with Gasteiger partial charge >= 0.3 is 0 Å². The molecule has 1 amide bonds. The number of nitrogens with zero attached hydrogens (tertiary/aromatic N) is 3. The van der Waals surface area contributed by atoms with Crippen LogP contribution < -0.4 is 14.9 Å². The van der Waals surface area contributed by atoms with Gasteiger partial charge in [-0.1, -0.05) is 47.5 Å². The quantitative estimate of drug-likeness (QED) is 0.387. The van der Waals surface area contributed by atoms with Crippen LogP contribution in [-0.4, -0.2) is 31.2 Å². The van der Waals surface area contributed by atoms with E-state index in [1.165, 1.54) is 17.9 Å². The van der Waals surface area contributed by atoms with Gasteiger partial charge in [-0.05, 0) is 50.2 Å². The smallest absolute Gasteiger partial charge is 0.265 e. The van der Waals surface area contributed by atoms with Gasteiger partial charge in [0.15, 0.2) is 5.82 Å². The van der Waals surface area contributed by atoms with Crippen molar-refractivity contribution >= 4 is 38.8 Å². The summed E-state index contributed by atoms with van der Waals surface area (Å²) in [7, 11) is -0.892. The van der Waals surface area contributed by atoms with Crippen molar-refractivity contribution in [2.24, 2.45) is 7.05 Å². The molecule has 0 saturated heterocycles. The lowest BCUT2D eigenvalue weighted by atomic mass is 10.2. The number of hydrogen-bond donors (Lipinski definition) is 2. The number of aromatic nitrogens is 2. The van der Waals surface area contributed by atoms with E-state index >= 15 is 0 Å². The minimum Gasteiger partial charge on any atom is -0.354 e. The molecule has 0 saturated carbocycles. The molecule has 0 fully saturated rings. The number of para-hydroxylation sites is 2. The summed E-state index contributed by atoms with van der Waals surface area (Å²) in [6.45, 7) is 3.90. The first kappa shape index (κ1) is 24.0. The molecule has 2 N–H and O–H groups in total. The Morgan fingerprint density at radius 2 is 1.46 bits per heavy atom. The molecule has 9 heteroatoms. The molecule has 35 heavy (non-hydrogen) atoms. The zero-order chi connectivity index (χ0) is 25.2. The van der Waals surface area contributed by atoms with Crippen LogP contribution in [0.5, 0.6) is 0 Å². The normalized spacial score (nSPS) is 11.2. The summed E-state index contributed by atoms with van der Waals surface area (Å²) in [5.41, 5.74) is 4.36. The van der Waals surface area contributed by atoms with Crippen LogP contribution in [-0.2, 0) is 17.1 Å². The van der Waals surface area contributed by atoms with Gasteiger partial charge in [-0.25, -0.2) is 8.42 Å². The van der Waals surface area contributed by atoms with Crippen LogP contribution in [0.2, 0.25) is 0 Å². The van der Waals surface area contributed by atoms with Crippen LogP contribution in [0.3, 0.4) is 0 Å². The van der Waals surface area contributed by atoms with Crippen molar-refractivity contribution < 1.29 is 13.2 Å². The highest BCUT2D eigenvalue weighted by Crippen LogP contribution is 2.29. The Morgan fingerprint density at radius 3 is 2.09 bits per heavy atom. The maximum absolute atomic E-state index is 13.3. The fraction of sp³-hybridized carbons (Fsp3) is 0.154. The first-order valence-electron chi connectivity index (χ1n) is 11.0. The van der Waals surface area contributed by atoms with Crippen LogP contribution in [0.1, 0.15) is 21.5 Å². The van der Waals surface area contributed by atoms with Crippen molar-refractivity contribution in [1.82, 2.24) is 9.78 Å². The second-order valence-corrected chi connectivity index (χ2v) is 10.3. The fourth-order valence-electron chi connectivity index (χ4n) is 3.63. The maximum atomic E-state index is 13.3. The molecule has 8 nitrogen and oxygen atoms in total. The molecule has 0 spiro atoms. The molecule has 0 aliphatic rings. The monoisotopic (exact) mass is 489 g/mol. The first-order chi connectivity index (χ1) is 16.7. The van der Waals surface area contributed by atoms with E-state index in [1.54, 1.807) is 37.4 Å². The molecule has 0 aliphatic carbocycles. The number of carbonyl (C=O) groups is 1. The topological polar surface area (TPSA) is 96.3 Å². The first-order valence-corrected chi connectivity index (χ1v) is 12.4. The number of anilines is 4. The molecule has 0 aliphatic heterocycles. The van der Waals surface area contributed by atoms with Gasteiger partial charge in [0.1, 0.15) is 5.56 Å². The average molecular weight is 490 g/mol. The summed E-state index contributed by atoms with van der Waals surface area (Å²) in [6, 6.07) is 21.8. The number of rotatable bonds is 7. The molecule has 1 aromatic heterocycles. The van der Waals surface area contributed by atoms with Gasteiger partial charge in [0.25, 0.3) is 15.9 Å². The van der Waals surface area contributed by atoms with E-state index in [9.17, 15) is 13.2 Å². The third-order valence-corrected chi connectivity index (χ3v) is 7.40. The molecule has 4 rings (SSSR count). The largest absolute Gasteiger partial charge is 0.354 e. The Balaban J connectivity index is 1.62. The number of sulfonamides is 1. The second kappa shape index (κ2) is 9.63. The van der Waals surface area contributed by atoms with Gasteiger partial charge < -0.3 is 10.6 Å². The number of nitrogens with one attached hydrogen (secondary N) is 2. The second-order valence-electron chi connectivity index (χ2n) is 8.28. The Labute approximate surface area is 205 Å². The summed E-state index contributed by atoms with van der Waals surface area (Å²) in [4.78, 5) is 13.4. The Bertz CT molecular complexity index is 1460. The Hall–Kier alpha value is -4.11. The molecule has 0 radical (unpaired) electrons. The average Bonchev–Trinajstić information content (AvgIpc) is 3.22. The van der Waals surface area contributed by atoms with Gasteiger partial charge in [0.2, 0.25) is 0 Å². The lowest BCUT2D eigenvalue weighted by molar-refractivity contribution is 0.102. The number of hydrogen-bond acceptors (Lipinski definition) is 5. The molecule has 3 aromatic carbocycles. The van der Waals surface area contributed by atoms with Crippen LogP contribution in [0, 0.1) is 13.8 Å². The molecule has 0 bridgehead atoms. The van der Waals surface area contributed by atoms with Crippen molar-refractivity contribution in [2.75, 3.05) is 22.0 Å². The maximum Gasteiger partial charge on any atom is 0.265 e. The Morgan fingerprint density at radius 1 is 0.886 bits per heavy atom.